The van der Waals surface area contributed by atoms with Crippen LogP contribution in [0.1, 0.15) is 68.8 Å². The summed E-state index contributed by atoms with van der Waals surface area (Å²) >= 11 is 0. The van der Waals surface area contributed by atoms with Crippen LogP contribution < -0.4 is 10.1 Å². The molecule has 2 unspecified atom stereocenters. The summed E-state index contributed by atoms with van der Waals surface area (Å²) in [4.78, 5) is 29.6. The topological polar surface area (TPSA) is 61.9 Å². The van der Waals surface area contributed by atoms with Crippen molar-refractivity contribution in [3.63, 3.8) is 0 Å². The van der Waals surface area contributed by atoms with E-state index in [9.17, 15) is 9.59 Å². The van der Waals surface area contributed by atoms with Crippen molar-refractivity contribution in [3.05, 3.63) is 42.0 Å². The lowest BCUT2D eigenvalue weighted by molar-refractivity contribution is -0.125. The minimum absolute atomic E-state index is 0.0880. The third kappa shape index (κ3) is 4.95. The molecule has 31 heavy (non-hydrogen) atoms. The minimum atomic E-state index is -0.490. The van der Waals surface area contributed by atoms with Gasteiger partial charge < -0.3 is 15.0 Å². The number of amides is 2. The molecule has 1 N–H and O–H groups in total. The van der Waals surface area contributed by atoms with Gasteiger partial charge in [-0.05, 0) is 76.3 Å². The van der Waals surface area contributed by atoms with E-state index in [0.29, 0.717) is 37.0 Å². The number of likely N-dealkylation sites (N-methyl/N-ethyl adjacent to an activating group) is 2. The Bertz CT molecular complexity index is 807. The van der Waals surface area contributed by atoms with Crippen LogP contribution in [0.3, 0.4) is 0 Å². The van der Waals surface area contributed by atoms with E-state index in [4.69, 9.17) is 4.74 Å². The third-order valence-electron chi connectivity index (χ3n) is 6.64. The van der Waals surface area contributed by atoms with Crippen molar-refractivity contribution in [1.82, 2.24) is 15.1 Å². The maximum Gasteiger partial charge on any atom is 0.255 e. The fourth-order valence-corrected chi connectivity index (χ4v) is 5.10. The Balaban J connectivity index is 1.75. The van der Waals surface area contributed by atoms with Crippen molar-refractivity contribution in [3.8, 4) is 5.75 Å². The maximum absolute atomic E-state index is 13.0. The molecule has 0 radical (unpaired) electrons. The van der Waals surface area contributed by atoms with Gasteiger partial charge in [0.05, 0.1) is 0 Å². The first-order chi connectivity index (χ1) is 14.9. The second-order valence-corrected chi connectivity index (χ2v) is 8.83. The van der Waals surface area contributed by atoms with Gasteiger partial charge in [0, 0.05) is 31.2 Å². The highest BCUT2D eigenvalue weighted by Crippen LogP contribution is 2.33. The summed E-state index contributed by atoms with van der Waals surface area (Å²) in [5.74, 6) is 0.587. The largest absolute Gasteiger partial charge is 0.489 e. The first-order valence-electron chi connectivity index (χ1n) is 11.6. The van der Waals surface area contributed by atoms with Crippen LogP contribution in [0.15, 0.2) is 30.9 Å². The molecule has 2 aliphatic rings. The van der Waals surface area contributed by atoms with Crippen molar-refractivity contribution < 1.29 is 14.3 Å². The highest BCUT2D eigenvalue weighted by molar-refractivity contribution is 6.01. The van der Waals surface area contributed by atoms with Gasteiger partial charge in [0.1, 0.15) is 17.9 Å². The van der Waals surface area contributed by atoms with E-state index in [2.05, 4.69) is 37.6 Å². The molecule has 1 saturated carbocycles. The van der Waals surface area contributed by atoms with Crippen molar-refractivity contribution >= 4 is 11.8 Å². The molecule has 6 heteroatoms. The summed E-state index contributed by atoms with van der Waals surface area (Å²) in [5.41, 5.74) is 1.60. The number of nitrogens with one attached hydrogen (secondary N) is 1. The quantitative estimate of drug-likeness (QED) is 0.578. The van der Waals surface area contributed by atoms with Gasteiger partial charge in [-0.25, -0.2) is 0 Å². The molecule has 1 aromatic rings. The first kappa shape index (κ1) is 23.3. The number of hydrogen-bond acceptors (Lipinski definition) is 4. The molecule has 1 aliphatic carbocycles. The van der Waals surface area contributed by atoms with Crippen molar-refractivity contribution in [2.24, 2.45) is 0 Å². The molecule has 1 aliphatic heterocycles. The van der Waals surface area contributed by atoms with Gasteiger partial charge in [0.15, 0.2) is 0 Å². The lowest BCUT2D eigenvalue weighted by Crippen LogP contribution is -2.46. The van der Waals surface area contributed by atoms with E-state index in [1.807, 2.05) is 18.2 Å². The lowest BCUT2D eigenvalue weighted by atomic mass is 10.1. The summed E-state index contributed by atoms with van der Waals surface area (Å²) in [7, 11) is 1.61. The first-order valence-corrected chi connectivity index (χ1v) is 11.6. The SMILES string of the molecule is C=CCCC(C(=O)NC)N1Cc2cc(O[C@H]3CCCC3N(CC)C(C)C)ccc2C1=O. The summed E-state index contributed by atoms with van der Waals surface area (Å²) in [6.07, 6.45) is 6.58. The van der Waals surface area contributed by atoms with E-state index >= 15 is 0 Å². The van der Waals surface area contributed by atoms with Gasteiger partial charge in [-0.1, -0.05) is 13.0 Å². The molecule has 1 aromatic carbocycles. The number of ether oxygens (including phenoxy) is 1. The van der Waals surface area contributed by atoms with Crippen LogP contribution in [0, 0.1) is 0 Å². The number of fused-ring (bicyclic) bond motifs is 1. The number of benzene rings is 1. The molecule has 0 bridgehead atoms. The van der Waals surface area contributed by atoms with Gasteiger partial charge in [0.25, 0.3) is 5.91 Å². The normalized spacial score (nSPS) is 21.5. The second-order valence-electron chi connectivity index (χ2n) is 8.83. The number of rotatable bonds is 10. The van der Waals surface area contributed by atoms with Gasteiger partial charge in [-0.15, -0.1) is 6.58 Å². The summed E-state index contributed by atoms with van der Waals surface area (Å²) < 4.78 is 6.45. The van der Waals surface area contributed by atoms with E-state index in [1.54, 1.807) is 18.0 Å². The van der Waals surface area contributed by atoms with Crippen LogP contribution in [0.4, 0.5) is 0 Å². The van der Waals surface area contributed by atoms with Crippen LogP contribution in [0.5, 0.6) is 5.75 Å². The van der Waals surface area contributed by atoms with Gasteiger partial charge in [-0.3, -0.25) is 14.5 Å². The van der Waals surface area contributed by atoms with Crippen molar-refractivity contribution in [2.75, 3.05) is 13.6 Å². The van der Waals surface area contributed by atoms with Crippen molar-refractivity contribution in [2.45, 2.75) is 83.6 Å². The summed E-state index contributed by atoms with van der Waals surface area (Å²) in [5, 5.41) is 2.69. The monoisotopic (exact) mass is 427 g/mol. The Kier molecular flexibility index (Phi) is 7.76. The molecule has 3 atom stereocenters. The molecule has 0 saturated heterocycles. The van der Waals surface area contributed by atoms with Crippen LogP contribution in [-0.2, 0) is 11.3 Å². The molecule has 0 spiro atoms. The Morgan fingerprint density at radius 1 is 1.39 bits per heavy atom. The predicted octanol–water partition coefficient (Wildman–Crippen LogP) is 3.75. The fraction of sp³-hybridized carbons (Fsp3) is 0.600. The Hall–Kier alpha value is -2.34. The zero-order valence-electron chi connectivity index (χ0n) is 19.4. The van der Waals surface area contributed by atoms with E-state index in [1.165, 1.54) is 6.42 Å². The highest BCUT2D eigenvalue weighted by Gasteiger charge is 2.37. The third-order valence-corrected chi connectivity index (χ3v) is 6.64. The highest BCUT2D eigenvalue weighted by atomic mass is 16.5. The smallest absolute Gasteiger partial charge is 0.255 e. The van der Waals surface area contributed by atoms with Gasteiger partial charge in [-0.2, -0.15) is 0 Å². The molecule has 6 nitrogen and oxygen atoms in total. The van der Waals surface area contributed by atoms with Crippen LogP contribution in [-0.4, -0.2) is 59.4 Å². The second kappa shape index (κ2) is 10.3. The van der Waals surface area contributed by atoms with E-state index in [0.717, 1.165) is 30.7 Å². The van der Waals surface area contributed by atoms with Crippen LogP contribution in [0.2, 0.25) is 0 Å². The Morgan fingerprint density at radius 2 is 2.16 bits per heavy atom. The van der Waals surface area contributed by atoms with Crippen LogP contribution in [0.25, 0.3) is 0 Å². The molecule has 3 rings (SSSR count). The van der Waals surface area contributed by atoms with E-state index < -0.39 is 6.04 Å². The zero-order chi connectivity index (χ0) is 22.5. The summed E-state index contributed by atoms with van der Waals surface area (Å²) in [6, 6.07) is 6.17. The number of carbonyl (C=O) groups excluding carboxylic acids is 2. The molecule has 2 amide bonds. The molecular weight excluding hydrogens is 390 g/mol. The Labute approximate surface area is 186 Å². The number of hydrogen-bond donors (Lipinski definition) is 1. The lowest BCUT2D eigenvalue weighted by Gasteiger charge is -2.35. The zero-order valence-corrected chi connectivity index (χ0v) is 19.4. The van der Waals surface area contributed by atoms with Gasteiger partial charge >= 0.3 is 0 Å². The number of carbonyl (C=O) groups is 2. The maximum atomic E-state index is 13.0. The predicted molar refractivity (Wildman–Crippen MR) is 123 cm³/mol. The molecule has 0 aromatic heterocycles. The Morgan fingerprint density at radius 3 is 2.81 bits per heavy atom. The molecule has 1 fully saturated rings. The fourth-order valence-electron chi connectivity index (χ4n) is 5.10. The molecule has 1 heterocycles. The van der Waals surface area contributed by atoms with Crippen LogP contribution >= 0.6 is 0 Å². The molecule has 170 valence electrons. The standard InChI is InChI=1S/C25H37N3O3/c1-6-8-10-22(24(29)26-5)28-16-18-15-19(13-14-20(18)25(28)30)31-23-12-9-11-21(23)27(7-2)17(3)4/h6,13-15,17,21-23H,1,7-12,16H2,2-5H3,(H,26,29)/t21?,22?,23-/m0/s1. The van der Waals surface area contributed by atoms with Crippen molar-refractivity contribution in [1.29, 1.82) is 0 Å². The number of nitrogens with zero attached hydrogens (tertiary/aromatic N) is 2. The molecular formula is C25H37N3O3. The summed E-state index contributed by atoms with van der Waals surface area (Å²) in [6.45, 7) is 11.9. The number of allylic oxidation sites excluding steroid dienone is 1. The average molecular weight is 428 g/mol. The van der Waals surface area contributed by atoms with E-state index in [-0.39, 0.29) is 17.9 Å². The minimum Gasteiger partial charge on any atom is -0.489 e. The average Bonchev–Trinajstić information content (AvgIpc) is 3.33. The van der Waals surface area contributed by atoms with Gasteiger partial charge in [0.2, 0.25) is 5.91 Å².